The Hall–Kier alpha value is -2.33. The molecule has 0 aliphatic carbocycles. The lowest BCUT2D eigenvalue weighted by Gasteiger charge is -2.28. The highest BCUT2D eigenvalue weighted by Crippen LogP contribution is 2.31. The van der Waals surface area contributed by atoms with Crippen LogP contribution in [0.15, 0.2) is 54.6 Å². The highest BCUT2D eigenvalue weighted by atomic mass is 16.5. The van der Waals surface area contributed by atoms with Crippen molar-refractivity contribution in [3.05, 3.63) is 65.7 Å². The van der Waals surface area contributed by atoms with Crippen LogP contribution in [0.2, 0.25) is 0 Å². The lowest BCUT2D eigenvalue weighted by atomic mass is 9.84. The number of ether oxygens (including phenoxy) is 2. The van der Waals surface area contributed by atoms with E-state index in [1.54, 1.807) is 38.3 Å². The first-order valence-electron chi connectivity index (χ1n) is 7.64. The average molecular weight is 314 g/mol. The summed E-state index contributed by atoms with van der Waals surface area (Å²) in [5, 5.41) is 11.2. The van der Waals surface area contributed by atoms with Crippen LogP contribution in [0.4, 0.5) is 0 Å². The molecule has 0 saturated heterocycles. The van der Waals surface area contributed by atoms with E-state index in [0.29, 0.717) is 24.3 Å². The zero-order valence-electron chi connectivity index (χ0n) is 13.5. The maximum atomic E-state index is 11.9. The topological polar surface area (TPSA) is 55.8 Å². The van der Waals surface area contributed by atoms with Crippen LogP contribution in [0.25, 0.3) is 0 Å². The fraction of sp³-hybridized carbons (Fsp3) is 0.316. The van der Waals surface area contributed by atoms with Crippen LogP contribution in [0.3, 0.4) is 0 Å². The number of hydrogen-bond acceptors (Lipinski definition) is 4. The van der Waals surface area contributed by atoms with Crippen molar-refractivity contribution in [2.45, 2.75) is 25.4 Å². The fourth-order valence-electron chi connectivity index (χ4n) is 2.55. The molecule has 23 heavy (non-hydrogen) atoms. The molecule has 4 nitrogen and oxygen atoms in total. The fourth-order valence-corrected chi connectivity index (χ4v) is 2.55. The van der Waals surface area contributed by atoms with Gasteiger partial charge in [-0.3, -0.25) is 4.79 Å². The van der Waals surface area contributed by atoms with E-state index in [2.05, 4.69) is 0 Å². The summed E-state index contributed by atoms with van der Waals surface area (Å²) in [6.45, 7) is 2.05. The molecule has 122 valence electrons. The molecule has 0 aliphatic rings. The lowest BCUT2D eigenvalue weighted by molar-refractivity contribution is -0.149. The maximum Gasteiger partial charge on any atom is 0.309 e. The summed E-state index contributed by atoms with van der Waals surface area (Å²) >= 11 is 0. The zero-order valence-corrected chi connectivity index (χ0v) is 13.5. The van der Waals surface area contributed by atoms with Crippen molar-refractivity contribution in [2.75, 3.05) is 13.7 Å². The van der Waals surface area contributed by atoms with Gasteiger partial charge in [-0.1, -0.05) is 42.5 Å². The van der Waals surface area contributed by atoms with Crippen LogP contribution in [0.5, 0.6) is 5.75 Å². The summed E-state index contributed by atoms with van der Waals surface area (Å²) in [4.78, 5) is 11.9. The van der Waals surface area contributed by atoms with E-state index in [-0.39, 0.29) is 6.42 Å². The molecular formula is C19H22O4. The van der Waals surface area contributed by atoms with E-state index in [1.807, 2.05) is 30.3 Å². The number of carbonyl (C=O) groups is 1. The maximum absolute atomic E-state index is 11.9. The van der Waals surface area contributed by atoms with Gasteiger partial charge in [0.05, 0.1) is 20.1 Å². The first-order chi connectivity index (χ1) is 11.1. The Kier molecular flexibility index (Phi) is 5.77. The van der Waals surface area contributed by atoms with E-state index in [4.69, 9.17) is 9.47 Å². The van der Waals surface area contributed by atoms with Gasteiger partial charge < -0.3 is 14.6 Å². The van der Waals surface area contributed by atoms with Crippen molar-refractivity contribution in [3.8, 4) is 5.75 Å². The number of benzene rings is 2. The molecule has 0 fully saturated rings. The summed E-state index contributed by atoms with van der Waals surface area (Å²) in [7, 11) is 1.59. The minimum atomic E-state index is -1.32. The Morgan fingerprint density at radius 3 is 2.30 bits per heavy atom. The molecule has 0 amide bonds. The van der Waals surface area contributed by atoms with Gasteiger partial charge in [0.1, 0.15) is 11.4 Å². The molecule has 0 bridgehead atoms. The van der Waals surface area contributed by atoms with Crippen molar-refractivity contribution in [3.63, 3.8) is 0 Å². The first-order valence-corrected chi connectivity index (χ1v) is 7.64. The van der Waals surface area contributed by atoms with Crippen molar-refractivity contribution >= 4 is 5.97 Å². The third-order valence-corrected chi connectivity index (χ3v) is 3.71. The predicted molar refractivity (Wildman–Crippen MR) is 88.3 cm³/mol. The van der Waals surface area contributed by atoms with Gasteiger partial charge in [-0.05, 0) is 30.2 Å². The van der Waals surface area contributed by atoms with Crippen molar-refractivity contribution in [1.82, 2.24) is 0 Å². The van der Waals surface area contributed by atoms with Crippen LogP contribution in [0, 0.1) is 0 Å². The summed E-state index contributed by atoms with van der Waals surface area (Å²) < 4.78 is 10.2. The van der Waals surface area contributed by atoms with Crippen LogP contribution in [0.1, 0.15) is 24.5 Å². The van der Waals surface area contributed by atoms with Crippen molar-refractivity contribution < 1.29 is 19.4 Å². The molecule has 4 heteroatoms. The summed E-state index contributed by atoms with van der Waals surface area (Å²) in [5.74, 6) is 0.286. The number of methoxy groups -OCH3 is 1. The largest absolute Gasteiger partial charge is 0.497 e. The second kappa shape index (κ2) is 7.79. The van der Waals surface area contributed by atoms with Crippen molar-refractivity contribution in [1.29, 1.82) is 0 Å². The molecule has 0 saturated carbocycles. The van der Waals surface area contributed by atoms with Gasteiger partial charge in [0.15, 0.2) is 0 Å². The highest BCUT2D eigenvalue weighted by molar-refractivity contribution is 5.71. The molecule has 1 N–H and O–H groups in total. The Morgan fingerprint density at radius 1 is 1.09 bits per heavy atom. The molecular weight excluding hydrogens is 292 g/mol. The molecule has 2 rings (SSSR count). The molecule has 1 unspecified atom stereocenters. The van der Waals surface area contributed by atoms with E-state index >= 15 is 0 Å². The van der Waals surface area contributed by atoms with Crippen LogP contribution in [-0.4, -0.2) is 24.8 Å². The number of esters is 1. The van der Waals surface area contributed by atoms with Gasteiger partial charge in [0.25, 0.3) is 0 Å². The minimum absolute atomic E-state index is 0.0952. The SMILES string of the molecule is CCOC(=O)CC(O)(Cc1ccccc1)c1ccc(OC)cc1. The second-order valence-corrected chi connectivity index (χ2v) is 5.40. The van der Waals surface area contributed by atoms with Gasteiger partial charge in [-0.2, -0.15) is 0 Å². The molecule has 2 aromatic rings. The average Bonchev–Trinajstić information content (AvgIpc) is 2.56. The van der Waals surface area contributed by atoms with E-state index in [9.17, 15) is 9.90 Å². The molecule has 0 aromatic heterocycles. The van der Waals surface area contributed by atoms with E-state index < -0.39 is 11.6 Å². The summed E-state index contributed by atoms with van der Waals surface area (Å²) in [6, 6.07) is 16.7. The third kappa shape index (κ3) is 4.57. The first kappa shape index (κ1) is 17.0. The van der Waals surface area contributed by atoms with Gasteiger partial charge >= 0.3 is 5.97 Å². The molecule has 1 atom stereocenters. The Morgan fingerprint density at radius 2 is 1.74 bits per heavy atom. The number of aliphatic hydroxyl groups is 1. The zero-order chi connectivity index (χ0) is 16.7. The van der Waals surface area contributed by atoms with Crippen LogP contribution in [-0.2, 0) is 21.6 Å². The van der Waals surface area contributed by atoms with Crippen LogP contribution < -0.4 is 4.74 Å². The van der Waals surface area contributed by atoms with Crippen LogP contribution >= 0.6 is 0 Å². The highest BCUT2D eigenvalue weighted by Gasteiger charge is 2.33. The van der Waals surface area contributed by atoms with E-state index in [1.165, 1.54) is 0 Å². The minimum Gasteiger partial charge on any atom is -0.497 e. The molecule has 2 aromatic carbocycles. The van der Waals surface area contributed by atoms with Crippen molar-refractivity contribution in [2.24, 2.45) is 0 Å². The Bertz CT molecular complexity index is 622. The monoisotopic (exact) mass is 314 g/mol. The number of hydrogen-bond donors (Lipinski definition) is 1. The lowest BCUT2D eigenvalue weighted by Crippen LogP contribution is -2.32. The molecule has 0 heterocycles. The third-order valence-electron chi connectivity index (χ3n) is 3.71. The molecule has 0 aliphatic heterocycles. The Balaban J connectivity index is 2.30. The normalized spacial score (nSPS) is 13.2. The molecule has 0 radical (unpaired) electrons. The van der Waals surface area contributed by atoms with E-state index in [0.717, 1.165) is 5.56 Å². The van der Waals surface area contributed by atoms with Gasteiger partial charge in [0, 0.05) is 6.42 Å². The number of rotatable bonds is 7. The number of carbonyl (C=O) groups excluding carboxylic acids is 1. The van der Waals surface area contributed by atoms with Gasteiger partial charge in [0.2, 0.25) is 0 Å². The summed E-state index contributed by atoms with van der Waals surface area (Å²) in [6.07, 6.45) is 0.237. The second-order valence-electron chi connectivity index (χ2n) is 5.40. The standard InChI is InChI=1S/C19H22O4/c1-3-23-18(20)14-19(21,13-15-7-5-4-6-8-15)16-9-11-17(22-2)12-10-16/h4-12,21H,3,13-14H2,1-2H3. The smallest absolute Gasteiger partial charge is 0.309 e. The quantitative estimate of drug-likeness (QED) is 0.798. The summed E-state index contributed by atoms with van der Waals surface area (Å²) in [5.41, 5.74) is 0.296. The predicted octanol–water partition coefficient (Wildman–Crippen LogP) is 3.08. The van der Waals surface area contributed by atoms with Gasteiger partial charge in [-0.25, -0.2) is 0 Å². The van der Waals surface area contributed by atoms with Gasteiger partial charge in [-0.15, -0.1) is 0 Å². The molecule has 0 spiro atoms. The Labute approximate surface area is 136 Å².